The van der Waals surface area contributed by atoms with Gasteiger partial charge >= 0.3 is 0 Å². The molecule has 0 saturated carbocycles. The van der Waals surface area contributed by atoms with Crippen LogP contribution in [0.25, 0.3) is 0 Å². The predicted octanol–water partition coefficient (Wildman–Crippen LogP) is 2.41. The van der Waals surface area contributed by atoms with Gasteiger partial charge in [0.05, 0.1) is 17.8 Å². The number of hydrogen-bond acceptors (Lipinski definition) is 3. The average Bonchev–Trinajstić information content (AvgIpc) is 2.85. The number of nitrogens with zero attached hydrogens (tertiary/aromatic N) is 2. The summed E-state index contributed by atoms with van der Waals surface area (Å²) in [6.07, 6.45) is 5.44. The molecule has 4 nitrogen and oxygen atoms in total. The molecule has 0 aliphatic heterocycles. The Hall–Kier alpha value is -0.870. The quantitative estimate of drug-likeness (QED) is 0.773. The van der Waals surface area contributed by atoms with Crippen molar-refractivity contribution in [1.82, 2.24) is 15.1 Å². The minimum atomic E-state index is 0.188. The highest BCUT2D eigenvalue weighted by Gasteiger charge is 2.17. The number of ether oxygens (including phenoxy) is 1. The molecule has 1 aromatic heterocycles. The fraction of sp³-hybridized carbons (Fsp3) is 0.786. The zero-order valence-electron chi connectivity index (χ0n) is 12.3. The van der Waals surface area contributed by atoms with Crippen molar-refractivity contribution in [2.75, 3.05) is 14.2 Å². The molecule has 4 heteroatoms. The highest BCUT2D eigenvalue weighted by Crippen LogP contribution is 2.15. The second-order valence-corrected chi connectivity index (χ2v) is 4.80. The van der Waals surface area contributed by atoms with Crippen LogP contribution in [0, 0.1) is 0 Å². The molecule has 18 heavy (non-hydrogen) atoms. The molecule has 2 atom stereocenters. The van der Waals surface area contributed by atoms with Crippen LogP contribution in [-0.2, 0) is 11.2 Å². The number of aromatic nitrogens is 2. The summed E-state index contributed by atoms with van der Waals surface area (Å²) in [7, 11) is 3.72. The maximum Gasteiger partial charge on any atom is 0.0699 e. The third-order valence-electron chi connectivity index (χ3n) is 3.72. The Balaban J connectivity index is 2.67. The molecule has 0 spiro atoms. The van der Waals surface area contributed by atoms with Gasteiger partial charge in [-0.1, -0.05) is 13.8 Å². The Morgan fingerprint density at radius 1 is 1.39 bits per heavy atom. The highest BCUT2D eigenvalue weighted by molar-refractivity contribution is 5.03. The van der Waals surface area contributed by atoms with Crippen molar-refractivity contribution < 1.29 is 4.74 Å². The van der Waals surface area contributed by atoms with E-state index < -0.39 is 0 Å². The molecule has 1 heterocycles. The van der Waals surface area contributed by atoms with Crippen LogP contribution >= 0.6 is 0 Å². The van der Waals surface area contributed by atoms with Crippen molar-refractivity contribution in [3.8, 4) is 0 Å². The van der Waals surface area contributed by atoms with E-state index in [-0.39, 0.29) is 6.10 Å². The van der Waals surface area contributed by atoms with Gasteiger partial charge in [0.15, 0.2) is 0 Å². The third kappa shape index (κ3) is 3.82. The van der Waals surface area contributed by atoms with Gasteiger partial charge in [0, 0.05) is 25.8 Å². The van der Waals surface area contributed by atoms with Crippen LogP contribution in [0.15, 0.2) is 12.3 Å². The Morgan fingerprint density at radius 2 is 2.06 bits per heavy atom. The number of nitrogens with one attached hydrogen (secondary N) is 1. The summed E-state index contributed by atoms with van der Waals surface area (Å²) in [5.41, 5.74) is 1.13. The zero-order valence-corrected chi connectivity index (χ0v) is 12.3. The first kappa shape index (κ1) is 15.2. The molecule has 0 aromatic carbocycles. The van der Waals surface area contributed by atoms with E-state index in [2.05, 4.69) is 48.1 Å². The highest BCUT2D eigenvalue weighted by atomic mass is 16.5. The first-order valence-corrected chi connectivity index (χ1v) is 6.90. The van der Waals surface area contributed by atoms with E-state index in [1.54, 1.807) is 7.11 Å². The number of rotatable bonds is 8. The van der Waals surface area contributed by atoms with Crippen molar-refractivity contribution in [2.45, 2.75) is 58.2 Å². The summed E-state index contributed by atoms with van der Waals surface area (Å²) in [6, 6.07) is 2.94. The van der Waals surface area contributed by atoms with Crippen molar-refractivity contribution in [2.24, 2.45) is 0 Å². The van der Waals surface area contributed by atoms with Gasteiger partial charge in [0.2, 0.25) is 0 Å². The van der Waals surface area contributed by atoms with Crippen LogP contribution in [0.3, 0.4) is 0 Å². The maximum absolute atomic E-state index is 5.37. The minimum Gasteiger partial charge on any atom is -0.380 e. The van der Waals surface area contributed by atoms with Crippen LogP contribution in [0.2, 0.25) is 0 Å². The van der Waals surface area contributed by atoms with Crippen molar-refractivity contribution in [1.29, 1.82) is 0 Å². The van der Waals surface area contributed by atoms with Gasteiger partial charge in [-0.15, -0.1) is 0 Å². The summed E-state index contributed by atoms with van der Waals surface area (Å²) < 4.78 is 7.47. The first-order chi connectivity index (χ1) is 8.65. The number of likely N-dealkylation sites (N-methyl/N-ethyl adjacent to an activating group) is 1. The Bertz CT molecular complexity index is 334. The monoisotopic (exact) mass is 253 g/mol. The summed E-state index contributed by atoms with van der Waals surface area (Å²) >= 11 is 0. The van der Waals surface area contributed by atoms with Crippen molar-refractivity contribution in [3.05, 3.63) is 18.0 Å². The van der Waals surface area contributed by atoms with Gasteiger partial charge in [-0.3, -0.25) is 4.68 Å². The van der Waals surface area contributed by atoms with Gasteiger partial charge in [0.1, 0.15) is 0 Å². The van der Waals surface area contributed by atoms with Crippen LogP contribution < -0.4 is 5.32 Å². The van der Waals surface area contributed by atoms with Crippen LogP contribution in [0.4, 0.5) is 0 Å². The summed E-state index contributed by atoms with van der Waals surface area (Å²) in [6.45, 7) is 6.50. The Labute approximate surface area is 111 Å². The standard InChI is InChI=1S/C14H27N3O/c1-6-13(7-2)17-9-8-12(16-17)10-14(15-4)11(3)18-5/h8-9,11,13-15H,6-7,10H2,1-5H3. The van der Waals surface area contributed by atoms with E-state index in [1.165, 1.54) is 0 Å². The lowest BCUT2D eigenvalue weighted by Gasteiger charge is -2.21. The molecule has 0 bridgehead atoms. The van der Waals surface area contributed by atoms with E-state index in [4.69, 9.17) is 4.74 Å². The molecule has 0 aliphatic rings. The molecule has 1 aromatic rings. The van der Waals surface area contributed by atoms with Gasteiger partial charge < -0.3 is 10.1 Å². The molecule has 0 radical (unpaired) electrons. The molecule has 2 unspecified atom stereocenters. The van der Waals surface area contributed by atoms with Crippen molar-refractivity contribution >= 4 is 0 Å². The summed E-state index contributed by atoms with van der Waals surface area (Å²) in [4.78, 5) is 0. The predicted molar refractivity (Wildman–Crippen MR) is 74.9 cm³/mol. The summed E-state index contributed by atoms with van der Waals surface area (Å²) in [5.74, 6) is 0. The Morgan fingerprint density at radius 3 is 2.56 bits per heavy atom. The lowest BCUT2D eigenvalue weighted by molar-refractivity contribution is 0.0853. The molecule has 0 aliphatic carbocycles. The first-order valence-electron chi connectivity index (χ1n) is 6.90. The molecular formula is C14H27N3O. The minimum absolute atomic E-state index is 0.188. The largest absolute Gasteiger partial charge is 0.380 e. The summed E-state index contributed by atoms with van der Waals surface area (Å²) in [5, 5.41) is 7.97. The molecular weight excluding hydrogens is 226 g/mol. The van der Waals surface area contributed by atoms with Crippen molar-refractivity contribution in [3.63, 3.8) is 0 Å². The Kier molecular flexibility index (Phi) is 6.36. The van der Waals surface area contributed by atoms with Gasteiger partial charge in [-0.25, -0.2) is 0 Å². The number of methoxy groups -OCH3 is 1. The third-order valence-corrected chi connectivity index (χ3v) is 3.72. The van der Waals surface area contributed by atoms with Gasteiger partial charge in [-0.05, 0) is 32.9 Å². The smallest absolute Gasteiger partial charge is 0.0699 e. The SMILES string of the molecule is CCC(CC)n1ccc(CC(NC)C(C)OC)n1. The lowest BCUT2D eigenvalue weighted by Crippen LogP contribution is -2.38. The molecule has 0 fully saturated rings. The maximum atomic E-state index is 5.37. The van der Waals surface area contributed by atoms with Gasteiger partial charge in [0.25, 0.3) is 0 Å². The lowest BCUT2D eigenvalue weighted by atomic mass is 10.1. The molecule has 0 amide bonds. The van der Waals surface area contributed by atoms with E-state index in [1.807, 2.05) is 7.05 Å². The molecule has 0 saturated heterocycles. The normalized spacial score (nSPS) is 15.0. The second kappa shape index (κ2) is 7.54. The number of hydrogen-bond donors (Lipinski definition) is 1. The van der Waals surface area contributed by atoms with E-state index in [9.17, 15) is 0 Å². The molecule has 1 rings (SSSR count). The second-order valence-electron chi connectivity index (χ2n) is 4.80. The molecule has 104 valence electrons. The van der Waals surface area contributed by atoms with E-state index in [0.29, 0.717) is 12.1 Å². The van der Waals surface area contributed by atoms with E-state index >= 15 is 0 Å². The van der Waals surface area contributed by atoms with Crippen LogP contribution in [-0.4, -0.2) is 36.1 Å². The average molecular weight is 253 g/mol. The van der Waals surface area contributed by atoms with Crippen LogP contribution in [0.1, 0.15) is 45.3 Å². The topological polar surface area (TPSA) is 39.1 Å². The van der Waals surface area contributed by atoms with Crippen LogP contribution in [0.5, 0.6) is 0 Å². The fourth-order valence-electron chi connectivity index (χ4n) is 2.24. The van der Waals surface area contributed by atoms with Gasteiger partial charge in [-0.2, -0.15) is 5.10 Å². The zero-order chi connectivity index (χ0) is 13.5. The molecule has 1 N–H and O–H groups in total. The van der Waals surface area contributed by atoms with E-state index in [0.717, 1.165) is 25.0 Å². The fourth-order valence-corrected chi connectivity index (χ4v) is 2.24.